The highest BCUT2D eigenvalue weighted by Gasteiger charge is 2.23. The van der Waals surface area contributed by atoms with Crippen molar-refractivity contribution in [3.05, 3.63) is 16.8 Å². The molecule has 0 radical (unpaired) electrons. The minimum Gasteiger partial charge on any atom is -0.353 e. The fraction of sp³-hybridized carbons (Fsp3) is 0.600. The molecule has 0 spiro atoms. The van der Waals surface area contributed by atoms with Crippen molar-refractivity contribution in [2.24, 2.45) is 0 Å². The van der Waals surface area contributed by atoms with Crippen molar-refractivity contribution in [3.63, 3.8) is 0 Å². The summed E-state index contributed by atoms with van der Waals surface area (Å²) in [5.74, 6) is 1.18. The highest BCUT2D eigenvalue weighted by atomic mass is 32.1. The van der Waals surface area contributed by atoms with Crippen LogP contribution in [-0.4, -0.2) is 48.1 Å². The van der Waals surface area contributed by atoms with Crippen LogP contribution in [0.3, 0.4) is 0 Å². The molecule has 0 bridgehead atoms. The van der Waals surface area contributed by atoms with Gasteiger partial charge in [0.2, 0.25) is 0 Å². The number of fused-ring (bicyclic) bond motifs is 3. The third-order valence-electron chi connectivity index (χ3n) is 4.53. The topological polar surface area (TPSA) is 32.3 Å². The number of piperazine rings is 1. The van der Waals surface area contributed by atoms with Crippen molar-refractivity contribution >= 4 is 27.4 Å². The number of hydrogen-bond donors (Lipinski definition) is 0. The fourth-order valence-electron chi connectivity index (χ4n) is 3.33. The first-order valence-corrected chi connectivity index (χ1v) is 8.33. The lowest BCUT2D eigenvalue weighted by atomic mass is 9.97. The molecule has 20 heavy (non-hydrogen) atoms. The second-order valence-corrected chi connectivity index (χ2v) is 6.96. The second kappa shape index (κ2) is 4.97. The molecular formula is C15H20N4S. The number of aryl methyl sites for hydroxylation is 2. The van der Waals surface area contributed by atoms with Crippen LogP contribution in [0.4, 0.5) is 5.82 Å². The van der Waals surface area contributed by atoms with Gasteiger partial charge in [0, 0.05) is 31.1 Å². The van der Waals surface area contributed by atoms with Crippen LogP contribution < -0.4 is 4.90 Å². The molecule has 3 heterocycles. The van der Waals surface area contributed by atoms with E-state index in [0.717, 1.165) is 26.2 Å². The highest BCUT2D eigenvalue weighted by Crippen LogP contribution is 2.39. The Balaban J connectivity index is 1.80. The van der Waals surface area contributed by atoms with Gasteiger partial charge >= 0.3 is 0 Å². The van der Waals surface area contributed by atoms with Crippen LogP contribution in [0.1, 0.15) is 23.3 Å². The maximum atomic E-state index is 4.64. The second-order valence-electron chi connectivity index (χ2n) is 5.88. The smallest absolute Gasteiger partial charge is 0.141 e. The number of hydrogen-bond acceptors (Lipinski definition) is 5. The van der Waals surface area contributed by atoms with E-state index in [1.807, 2.05) is 11.3 Å². The van der Waals surface area contributed by atoms with Crippen LogP contribution in [0.15, 0.2) is 6.33 Å². The lowest BCUT2D eigenvalue weighted by Gasteiger charge is -2.33. The summed E-state index contributed by atoms with van der Waals surface area (Å²) in [5.41, 5.74) is 1.55. The zero-order chi connectivity index (χ0) is 13.5. The lowest BCUT2D eigenvalue weighted by Crippen LogP contribution is -2.44. The average molecular weight is 288 g/mol. The largest absolute Gasteiger partial charge is 0.353 e. The molecule has 2 aromatic heterocycles. The first kappa shape index (κ1) is 12.5. The zero-order valence-electron chi connectivity index (χ0n) is 11.9. The van der Waals surface area contributed by atoms with Crippen LogP contribution in [0.5, 0.6) is 0 Å². The number of anilines is 1. The van der Waals surface area contributed by atoms with Crippen LogP contribution in [0.25, 0.3) is 10.2 Å². The molecule has 2 aromatic rings. The predicted octanol–water partition coefficient (Wildman–Crippen LogP) is 2.32. The first-order chi connectivity index (χ1) is 9.83. The Hall–Kier alpha value is -1.20. The van der Waals surface area contributed by atoms with E-state index >= 15 is 0 Å². The van der Waals surface area contributed by atoms with Crippen LogP contribution in [-0.2, 0) is 12.8 Å². The van der Waals surface area contributed by atoms with E-state index in [2.05, 4.69) is 26.8 Å². The van der Waals surface area contributed by atoms with Crippen molar-refractivity contribution < 1.29 is 0 Å². The van der Waals surface area contributed by atoms with E-state index in [0.29, 0.717) is 0 Å². The van der Waals surface area contributed by atoms with Crippen LogP contribution >= 0.6 is 11.3 Å². The molecule has 0 N–H and O–H groups in total. The maximum absolute atomic E-state index is 4.64. The summed E-state index contributed by atoms with van der Waals surface area (Å²) in [7, 11) is 2.19. The molecule has 0 aromatic carbocycles. The van der Waals surface area contributed by atoms with Crippen LogP contribution in [0, 0.1) is 0 Å². The molecule has 1 saturated heterocycles. The Bertz CT molecular complexity index is 628. The summed E-state index contributed by atoms with van der Waals surface area (Å²) >= 11 is 1.89. The summed E-state index contributed by atoms with van der Waals surface area (Å²) in [4.78, 5) is 16.8. The van der Waals surface area contributed by atoms with Crippen molar-refractivity contribution in [1.29, 1.82) is 0 Å². The summed E-state index contributed by atoms with van der Waals surface area (Å²) in [6, 6.07) is 0. The third kappa shape index (κ3) is 2.00. The Kier molecular flexibility index (Phi) is 3.11. The van der Waals surface area contributed by atoms with Gasteiger partial charge < -0.3 is 9.80 Å². The Morgan fingerprint density at radius 1 is 1.05 bits per heavy atom. The number of thiophene rings is 1. The SMILES string of the molecule is CN1CCN(c2ncnc3sc4c(c23)CCCC4)CC1. The number of aromatic nitrogens is 2. The average Bonchev–Trinajstić information content (AvgIpc) is 2.86. The van der Waals surface area contributed by atoms with Crippen molar-refractivity contribution in [2.75, 3.05) is 38.1 Å². The molecule has 0 atom stereocenters. The van der Waals surface area contributed by atoms with Gasteiger partial charge in [-0.15, -0.1) is 11.3 Å². The van der Waals surface area contributed by atoms with Crippen molar-refractivity contribution in [3.8, 4) is 0 Å². The van der Waals surface area contributed by atoms with Gasteiger partial charge in [0.05, 0.1) is 5.39 Å². The summed E-state index contributed by atoms with van der Waals surface area (Å²) in [6.07, 6.45) is 6.84. The standard InChI is InChI=1S/C15H20N4S/c1-18-6-8-19(9-7-18)14-13-11-4-2-3-5-12(11)20-15(13)17-10-16-14/h10H,2-9H2,1H3. The molecule has 0 saturated carbocycles. The van der Waals surface area contributed by atoms with Gasteiger partial charge in [-0.3, -0.25) is 0 Å². The predicted molar refractivity (Wildman–Crippen MR) is 83.8 cm³/mol. The van der Waals surface area contributed by atoms with Gasteiger partial charge in [0.1, 0.15) is 17.0 Å². The van der Waals surface area contributed by atoms with Gasteiger partial charge in [-0.05, 0) is 38.3 Å². The fourth-order valence-corrected chi connectivity index (χ4v) is 4.56. The number of rotatable bonds is 1. The van der Waals surface area contributed by atoms with Crippen molar-refractivity contribution in [1.82, 2.24) is 14.9 Å². The van der Waals surface area contributed by atoms with Gasteiger partial charge in [-0.1, -0.05) is 0 Å². The molecule has 4 nitrogen and oxygen atoms in total. The highest BCUT2D eigenvalue weighted by molar-refractivity contribution is 7.19. The first-order valence-electron chi connectivity index (χ1n) is 7.51. The molecule has 0 amide bonds. The van der Waals surface area contributed by atoms with Gasteiger partial charge in [-0.2, -0.15) is 0 Å². The molecule has 1 aliphatic heterocycles. The van der Waals surface area contributed by atoms with Gasteiger partial charge in [0.25, 0.3) is 0 Å². The maximum Gasteiger partial charge on any atom is 0.141 e. The van der Waals surface area contributed by atoms with E-state index in [1.54, 1.807) is 16.8 Å². The minimum absolute atomic E-state index is 1.08. The Morgan fingerprint density at radius 3 is 2.70 bits per heavy atom. The molecule has 4 rings (SSSR count). The molecule has 1 fully saturated rings. The number of likely N-dealkylation sites (N-methyl/N-ethyl adjacent to an activating group) is 1. The molecule has 2 aliphatic rings. The quantitative estimate of drug-likeness (QED) is 0.806. The van der Waals surface area contributed by atoms with E-state index < -0.39 is 0 Å². The Morgan fingerprint density at radius 2 is 1.85 bits per heavy atom. The van der Waals surface area contributed by atoms with Gasteiger partial charge in [0.15, 0.2) is 0 Å². The zero-order valence-corrected chi connectivity index (χ0v) is 12.7. The summed E-state index contributed by atoms with van der Waals surface area (Å²) in [6.45, 7) is 4.40. The van der Waals surface area contributed by atoms with Crippen molar-refractivity contribution in [2.45, 2.75) is 25.7 Å². The molecular weight excluding hydrogens is 268 g/mol. The molecule has 1 aliphatic carbocycles. The monoisotopic (exact) mass is 288 g/mol. The minimum atomic E-state index is 1.08. The van der Waals surface area contributed by atoms with E-state index in [-0.39, 0.29) is 0 Å². The Labute approximate surface area is 123 Å². The molecule has 5 heteroatoms. The summed E-state index contributed by atoms with van der Waals surface area (Å²) in [5, 5.41) is 1.36. The lowest BCUT2D eigenvalue weighted by molar-refractivity contribution is 0.312. The van der Waals surface area contributed by atoms with Gasteiger partial charge in [-0.25, -0.2) is 9.97 Å². The third-order valence-corrected chi connectivity index (χ3v) is 5.73. The van der Waals surface area contributed by atoms with Crippen LogP contribution in [0.2, 0.25) is 0 Å². The van der Waals surface area contributed by atoms with E-state index in [9.17, 15) is 0 Å². The molecule has 106 valence electrons. The number of nitrogens with zero attached hydrogens (tertiary/aromatic N) is 4. The van der Waals surface area contributed by atoms with E-state index in [1.165, 1.54) is 41.7 Å². The normalized spacial score (nSPS) is 20.4. The molecule has 0 unspecified atom stereocenters. The van der Waals surface area contributed by atoms with E-state index in [4.69, 9.17) is 0 Å². The summed E-state index contributed by atoms with van der Waals surface area (Å²) < 4.78 is 0.